The molecule has 0 atom stereocenters. The minimum absolute atomic E-state index is 0.916. The van der Waals surface area contributed by atoms with Gasteiger partial charge in [0.05, 0.1) is 22.8 Å². The van der Waals surface area contributed by atoms with Crippen molar-refractivity contribution in [3.63, 3.8) is 0 Å². The molecular weight excluding hydrogens is 320 g/mol. The van der Waals surface area contributed by atoms with E-state index >= 15 is 0 Å². The fourth-order valence-corrected chi connectivity index (χ4v) is 2.42. The molecule has 0 amide bonds. The van der Waals surface area contributed by atoms with Crippen LogP contribution < -0.4 is 10.9 Å². The first kappa shape index (κ1) is 17.4. The summed E-state index contributed by atoms with van der Waals surface area (Å²) in [6, 6.07) is 28.0. The Morgan fingerprint density at radius 3 is 1.42 bits per heavy atom. The van der Waals surface area contributed by atoms with Crippen LogP contribution >= 0.6 is 0 Å². The van der Waals surface area contributed by atoms with Crippen molar-refractivity contribution < 1.29 is 0 Å². The van der Waals surface area contributed by atoms with E-state index in [9.17, 15) is 0 Å². The molecule has 3 aromatic rings. The van der Waals surface area contributed by atoms with Crippen LogP contribution in [-0.4, -0.2) is 11.4 Å². The number of hydrazone groups is 2. The molecule has 0 spiro atoms. The Kier molecular flexibility index (Phi) is 5.78. The Labute approximate surface area is 154 Å². The highest BCUT2D eigenvalue weighted by atomic mass is 15.3. The molecular formula is C22H22N4. The number of benzene rings is 3. The molecule has 4 heteroatoms. The van der Waals surface area contributed by atoms with Gasteiger partial charge < -0.3 is 0 Å². The second kappa shape index (κ2) is 8.62. The van der Waals surface area contributed by atoms with Gasteiger partial charge in [0.25, 0.3) is 0 Å². The smallest absolute Gasteiger partial charge is 0.0648 e. The van der Waals surface area contributed by atoms with Gasteiger partial charge in [0.15, 0.2) is 0 Å². The van der Waals surface area contributed by atoms with E-state index in [1.807, 2.05) is 92.7 Å². The lowest BCUT2D eigenvalue weighted by molar-refractivity contribution is 1.31. The fourth-order valence-electron chi connectivity index (χ4n) is 2.42. The molecule has 130 valence electrons. The van der Waals surface area contributed by atoms with Crippen LogP contribution in [-0.2, 0) is 0 Å². The maximum atomic E-state index is 4.47. The van der Waals surface area contributed by atoms with Crippen LogP contribution in [0.25, 0.3) is 0 Å². The highest BCUT2D eigenvalue weighted by Crippen LogP contribution is 2.11. The first-order valence-corrected chi connectivity index (χ1v) is 8.54. The highest BCUT2D eigenvalue weighted by Gasteiger charge is 2.03. The predicted octanol–water partition coefficient (Wildman–Crippen LogP) is 5.36. The Morgan fingerprint density at radius 1 is 0.577 bits per heavy atom. The topological polar surface area (TPSA) is 48.8 Å². The van der Waals surface area contributed by atoms with Gasteiger partial charge in [0.1, 0.15) is 0 Å². The summed E-state index contributed by atoms with van der Waals surface area (Å²) in [5.41, 5.74) is 12.0. The van der Waals surface area contributed by atoms with Crippen molar-refractivity contribution in [2.45, 2.75) is 13.8 Å². The van der Waals surface area contributed by atoms with Crippen LogP contribution in [0.1, 0.15) is 25.0 Å². The number of hydrogen-bond donors (Lipinski definition) is 2. The first-order valence-electron chi connectivity index (χ1n) is 8.54. The van der Waals surface area contributed by atoms with Crippen molar-refractivity contribution in [2.75, 3.05) is 10.9 Å². The van der Waals surface area contributed by atoms with Gasteiger partial charge >= 0.3 is 0 Å². The van der Waals surface area contributed by atoms with E-state index in [0.29, 0.717) is 0 Å². The molecule has 4 nitrogen and oxygen atoms in total. The van der Waals surface area contributed by atoms with E-state index in [1.165, 1.54) is 0 Å². The summed E-state index contributed by atoms with van der Waals surface area (Å²) in [7, 11) is 0. The SMILES string of the molecule is CC(=NNc1ccccc1)c1cccc(C(C)=NNc2ccccc2)c1. The Balaban J connectivity index is 1.72. The number of nitrogens with zero attached hydrogens (tertiary/aromatic N) is 2. The summed E-state index contributed by atoms with van der Waals surface area (Å²) in [6.07, 6.45) is 0. The molecule has 0 unspecified atom stereocenters. The fraction of sp³-hybridized carbons (Fsp3) is 0.0909. The van der Waals surface area contributed by atoms with Gasteiger partial charge in [-0.2, -0.15) is 10.2 Å². The summed E-state index contributed by atoms with van der Waals surface area (Å²) in [6.45, 7) is 3.98. The van der Waals surface area contributed by atoms with Gasteiger partial charge in [0.2, 0.25) is 0 Å². The Hall–Kier alpha value is -3.40. The first-order chi connectivity index (χ1) is 12.7. The number of para-hydroxylation sites is 2. The van der Waals surface area contributed by atoms with Crippen molar-refractivity contribution in [3.05, 3.63) is 96.1 Å². The lowest BCUT2D eigenvalue weighted by Crippen LogP contribution is -2.04. The van der Waals surface area contributed by atoms with E-state index in [1.54, 1.807) is 0 Å². The van der Waals surface area contributed by atoms with Crippen LogP contribution in [0.4, 0.5) is 11.4 Å². The molecule has 0 heterocycles. The van der Waals surface area contributed by atoms with E-state index in [0.717, 1.165) is 33.9 Å². The molecule has 2 N–H and O–H groups in total. The molecule has 3 aromatic carbocycles. The highest BCUT2D eigenvalue weighted by molar-refractivity contribution is 6.04. The molecule has 0 aromatic heterocycles. The molecule has 26 heavy (non-hydrogen) atoms. The third-order valence-electron chi connectivity index (χ3n) is 3.95. The molecule has 0 aliphatic carbocycles. The normalized spacial score (nSPS) is 11.9. The minimum atomic E-state index is 0.916. The van der Waals surface area contributed by atoms with Gasteiger partial charge in [-0.3, -0.25) is 10.9 Å². The number of nitrogens with one attached hydrogen (secondary N) is 2. The van der Waals surface area contributed by atoms with Crippen LogP contribution in [0, 0.1) is 0 Å². The molecule has 0 bridgehead atoms. The molecule has 3 rings (SSSR count). The van der Waals surface area contributed by atoms with Crippen molar-refractivity contribution in [1.82, 2.24) is 0 Å². The van der Waals surface area contributed by atoms with Crippen molar-refractivity contribution in [3.8, 4) is 0 Å². The average molecular weight is 342 g/mol. The quantitative estimate of drug-likeness (QED) is 0.468. The zero-order valence-electron chi connectivity index (χ0n) is 15.0. The second-order valence-electron chi connectivity index (χ2n) is 5.93. The van der Waals surface area contributed by atoms with Crippen molar-refractivity contribution in [2.24, 2.45) is 10.2 Å². The van der Waals surface area contributed by atoms with Crippen LogP contribution in [0.2, 0.25) is 0 Å². The van der Waals surface area contributed by atoms with Crippen LogP contribution in [0.5, 0.6) is 0 Å². The zero-order valence-corrected chi connectivity index (χ0v) is 15.0. The summed E-state index contributed by atoms with van der Waals surface area (Å²) < 4.78 is 0. The third-order valence-corrected chi connectivity index (χ3v) is 3.95. The third kappa shape index (κ3) is 4.80. The summed E-state index contributed by atoms with van der Waals surface area (Å²) >= 11 is 0. The summed E-state index contributed by atoms with van der Waals surface area (Å²) in [4.78, 5) is 0. The average Bonchev–Trinajstić information content (AvgIpc) is 2.72. The molecule has 0 saturated heterocycles. The summed E-state index contributed by atoms with van der Waals surface area (Å²) in [5.74, 6) is 0. The van der Waals surface area contributed by atoms with Gasteiger partial charge in [-0.25, -0.2) is 0 Å². The maximum Gasteiger partial charge on any atom is 0.0648 e. The number of hydrogen-bond acceptors (Lipinski definition) is 4. The molecule has 0 radical (unpaired) electrons. The van der Waals surface area contributed by atoms with Gasteiger partial charge in [-0.05, 0) is 55.3 Å². The Morgan fingerprint density at radius 2 is 1.00 bits per heavy atom. The largest absolute Gasteiger partial charge is 0.278 e. The van der Waals surface area contributed by atoms with Crippen LogP contribution in [0.15, 0.2) is 95.1 Å². The van der Waals surface area contributed by atoms with Gasteiger partial charge in [-0.15, -0.1) is 0 Å². The lowest BCUT2D eigenvalue weighted by atomic mass is 10.1. The predicted molar refractivity (Wildman–Crippen MR) is 111 cm³/mol. The van der Waals surface area contributed by atoms with Crippen LogP contribution in [0.3, 0.4) is 0 Å². The monoisotopic (exact) mass is 342 g/mol. The second-order valence-corrected chi connectivity index (χ2v) is 5.93. The van der Waals surface area contributed by atoms with Crippen molar-refractivity contribution in [1.29, 1.82) is 0 Å². The van der Waals surface area contributed by atoms with E-state index in [2.05, 4.69) is 27.1 Å². The van der Waals surface area contributed by atoms with E-state index in [4.69, 9.17) is 0 Å². The molecule has 0 aliphatic heterocycles. The number of rotatable bonds is 6. The van der Waals surface area contributed by atoms with E-state index in [-0.39, 0.29) is 0 Å². The number of anilines is 2. The van der Waals surface area contributed by atoms with E-state index < -0.39 is 0 Å². The summed E-state index contributed by atoms with van der Waals surface area (Å²) in [5, 5.41) is 8.94. The lowest BCUT2D eigenvalue weighted by Gasteiger charge is -2.07. The molecule has 0 fully saturated rings. The van der Waals surface area contributed by atoms with Crippen molar-refractivity contribution >= 4 is 22.8 Å². The molecule has 0 saturated carbocycles. The maximum absolute atomic E-state index is 4.47. The zero-order chi connectivity index (χ0) is 18.2. The van der Waals surface area contributed by atoms with Gasteiger partial charge in [0, 0.05) is 0 Å². The van der Waals surface area contributed by atoms with Gasteiger partial charge in [-0.1, -0.05) is 54.6 Å². The minimum Gasteiger partial charge on any atom is -0.278 e. The molecule has 0 aliphatic rings. The standard InChI is InChI=1S/C22H22N4/c1-17(23-25-21-12-5-3-6-13-21)19-10-9-11-20(16-19)18(2)24-26-22-14-7-4-8-15-22/h3-16,25-26H,1-2H3. The Bertz CT molecular complexity index is 827.